The van der Waals surface area contributed by atoms with Gasteiger partial charge < -0.3 is 10.0 Å². The molecule has 5 heteroatoms. The highest BCUT2D eigenvalue weighted by Gasteiger charge is 2.03. The maximum absolute atomic E-state index is 11.9. The molecule has 0 saturated carbocycles. The lowest BCUT2D eigenvalue weighted by Crippen LogP contribution is -2.20. The summed E-state index contributed by atoms with van der Waals surface area (Å²) < 4.78 is 0. The number of aliphatic hydroxyl groups excluding tert-OH is 1. The maximum atomic E-state index is 11.9. The summed E-state index contributed by atoms with van der Waals surface area (Å²) in [5.41, 5.74) is 6.10. The summed E-state index contributed by atoms with van der Waals surface area (Å²) in [5, 5.41) is 12.9. The van der Waals surface area contributed by atoms with Crippen molar-refractivity contribution in [2.75, 3.05) is 25.1 Å². The molecule has 0 saturated heterocycles. The van der Waals surface area contributed by atoms with E-state index in [4.69, 9.17) is 5.11 Å². The number of carbonyl (C=O) groups excluding carboxylic acids is 1. The molecule has 0 unspecified atom stereocenters. The van der Waals surface area contributed by atoms with Gasteiger partial charge in [0.25, 0.3) is 5.91 Å². The van der Waals surface area contributed by atoms with Crippen molar-refractivity contribution in [1.29, 1.82) is 0 Å². The molecule has 2 rings (SSSR count). The average Bonchev–Trinajstić information content (AvgIpc) is 2.56. The molecule has 0 atom stereocenters. The number of rotatable bonds is 6. The number of anilines is 1. The van der Waals surface area contributed by atoms with Gasteiger partial charge in [-0.2, -0.15) is 5.10 Å². The number of hydrogen-bond donors (Lipinski definition) is 2. The van der Waals surface area contributed by atoms with Gasteiger partial charge in [0.2, 0.25) is 0 Å². The van der Waals surface area contributed by atoms with Crippen molar-refractivity contribution in [1.82, 2.24) is 5.43 Å². The topological polar surface area (TPSA) is 64.9 Å². The Morgan fingerprint density at radius 3 is 2.43 bits per heavy atom. The van der Waals surface area contributed by atoms with Crippen molar-refractivity contribution in [2.45, 2.75) is 6.92 Å². The smallest absolute Gasteiger partial charge is 0.271 e. The van der Waals surface area contributed by atoms with Crippen molar-refractivity contribution in [2.24, 2.45) is 5.10 Å². The number of carbonyl (C=O) groups is 1. The van der Waals surface area contributed by atoms with Gasteiger partial charge in [0.05, 0.1) is 12.8 Å². The Bertz CT molecular complexity index is 664. The Morgan fingerprint density at radius 2 is 1.83 bits per heavy atom. The minimum absolute atomic E-state index is 0.116. The van der Waals surface area contributed by atoms with Gasteiger partial charge in [-0.15, -0.1) is 0 Å². The van der Waals surface area contributed by atoms with Crippen LogP contribution in [0, 0.1) is 6.92 Å². The molecule has 1 amide bonds. The monoisotopic (exact) mass is 311 g/mol. The molecule has 23 heavy (non-hydrogen) atoms. The number of nitrogens with one attached hydrogen (secondary N) is 1. The number of benzene rings is 2. The van der Waals surface area contributed by atoms with E-state index in [9.17, 15) is 4.79 Å². The highest BCUT2D eigenvalue weighted by Crippen LogP contribution is 2.12. The molecule has 2 aromatic rings. The molecule has 0 heterocycles. The third-order valence-corrected chi connectivity index (χ3v) is 3.46. The standard InChI is InChI=1S/C18H21N3O2/c1-14-3-7-16(8-4-14)18(23)20-19-13-15-5-9-17(10-6-15)21(2)11-12-22/h3-10,13,22H,11-12H2,1-2H3,(H,20,23)/b19-13-. The van der Waals surface area contributed by atoms with Gasteiger partial charge in [-0.25, -0.2) is 5.43 Å². The molecule has 0 bridgehead atoms. The van der Waals surface area contributed by atoms with Gasteiger partial charge in [-0.3, -0.25) is 4.79 Å². The first-order valence-electron chi connectivity index (χ1n) is 7.42. The van der Waals surface area contributed by atoms with E-state index in [2.05, 4.69) is 10.5 Å². The molecule has 0 aliphatic carbocycles. The molecule has 0 spiro atoms. The molecular formula is C18H21N3O2. The van der Waals surface area contributed by atoms with Crippen LogP contribution in [0.1, 0.15) is 21.5 Å². The summed E-state index contributed by atoms with van der Waals surface area (Å²) in [6.07, 6.45) is 1.60. The van der Waals surface area contributed by atoms with Crippen LogP contribution in [0.25, 0.3) is 0 Å². The van der Waals surface area contributed by atoms with Crippen LogP contribution in [0.3, 0.4) is 0 Å². The first-order chi connectivity index (χ1) is 11.1. The molecule has 0 aromatic heterocycles. The predicted octanol–water partition coefficient (Wildman–Crippen LogP) is 2.19. The fourth-order valence-electron chi connectivity index (χ4n) is 2.03. The molecule has 120 valence electrons. The van der Waals surface area contributed by atoms with E-state index in [1.54, 1.807) is 18.3 Å². The zero-order valence-electron chi connectivity index (χ0n) is 13.4. The minimum Gasteiger partial charge on any atom is -0.395 e. The fraction of sp³-hybridized carbons (Fsp3) is 0.222. The third-order valence-electron chi connectivity index (χ3n) is 3.46. The summed E-state index contributed by atoms with van der Waals surface area (Å²) in [5.74, 6) is -0.236. The Hall–Kier alpha value is -2.66. The van der Waals surface area contributed by atoms with Gasteiger partial charge in [-0.1, -0.05) is 29.8 Å². The number of aliphatic hydroxyl groups is 1. The first kappa shape index (κ1) is 16.7. The van der Waals surface area contributed by atoms with Gasteiger partial charge in [-0.05, 0) is 36.8 Å². The van der Waals surface area contributed by atoms with Crippen LogP contribution in [0.2, 0.25) is 0 Å². The molecule has 0 aliphatic rings. The normalized spacial score (nSPS) is 10.7. The van der Waals surface area contributed by atoms with Gasteiger partial charge >= 0.3 is 0 Å². The van der Waals surface area contributed by atoms with E-state index in [-0.39, 0.29) is 12.5 Å². The Labute approximate surface area is 136 Å². The summed E-state index contributed by atoms with van der Waals surface area (Å²) in [6.45, 7) is 2.67. The zero-order chi connectivity index (χ0) is 16.7. The van der Waals surface area contributed by atoms with Gasteiger partial charge in [0.1, 0.15) is 0 Å². The number of nitrogens with zero attached hydrogens (tertiary/aromatic N) is 2. The largest absolute Gasteiger partial charge is 0.395 e. The quantitative estimate of drug-likeness (QED) is 0.635. The third kappa shape index (κ3) is 4.93. The summed E-state index contributed by atoms with van der Waals surface area (Å²) in [4.78, 5) is 13.9. The fourth-order valence-corrected chi connectivity index (χ4v) is 2.03. The molecule has 5 nitrogen and oxygen atoms in total. The lowest BCUT2D eigenvalue weighted by molar-refractivity contribution is 0.0955. The van der Waals surface area contributed by atoms with Crippen molar-refractivity contribution in [3.63, 3.8) is 0 Å². The second kappa shape index (κ2) is 8.10. The lowest BCUT2D eigenvalue weighted by Gasteiger charge is -2.17. The number of likely N-dealkylation sites (N-methyl/N-ethyl adjacent to an activating group) is 1. The van der Waals surface area contributed by atoms with E-state index < -0.39 is 0 Å². The molecule has 0 radical (unpaired) electrons. The van der Waals surface area contributed by atoms with E-state index >= 15 is 0 Å². The summed E-state index contributed by atoms with van der Waals surface area (Å²) in [6, 6.07) is 15.0. The van der Waals surface area contributed by atoms with Crippen molar-refractivity contribution >= 4 is 17.8 Å². The molecule has 2 N–H and O–H groups in total. The van der Waals surface area contributed by atoms with Crippen LogP contribution in [-0.2, 0) is 0 Å². The van der Waals surface area contributed by atoms with Crippen LogP contribution >= 0.6 is 0 Å². The SMILES string of the molecule is Cc1ccc(C(=O)N/N=C\c2ccc(N(C)CCO)cc2)cc1. The Kier molecular flexibility index (Phi) is 5.88. The number of amides is 1. The predicted molar refractivity (Wildman–Crippen MR) is 93.0 cm³/mol. The van der Waals surface area contributed by atoms with E-state index in [0.29, 0.717) is 12.1 Å². The van der Waals surface area contributed by atoms with Crippen molar-refractivity contribution in [3.05, 3.63) is 65.2 Å². The molecule has 0 fully saturated rings. The Morgan fingerprint density at radius 1 is 1.17 bits per heavy atom. The van der Waals surface area contributed by atoms with E-state index in [1.807, 2.05) is 55.3 Å². The second-order valence-corrected chi connectivity index (χ2v) is 5.30. The van der Waals surface area contributed by atoms with Gasteiger partial charge in [0.15, 0.2) is 0 Å². The van der Waals surface area contributed by atoms with Gasteiger partial charge in [0, 0.05) is 24.8 Å². The van der Waals surface area contributed by atoms with Crippen LogP contribution in [-0.4, -0.2) is 37.4 Å². The van der Waals surface area contributed by atoms with Crippen LogP contribution < -0.4 is 10.3 Å². The van der Waals surface area contributed by atoms with Crippen LogP contribution in [0.5, 0.6) is 0 Å². The minimum atomic E-state index is -0.236. The first-order valence-corrected chi connectivity index (χ1v) is 7.42. The van der Waals surface area contributed by atoms with E-state index in [0.717, 1.165) is 16.8 Å². The lowest BCUT2D eigenvalue weighted by atomic mass is 10.1. The molecular weight excluding hydrogens is 290 g/mol. The summed E-state index contributed by atoms with van der Waals surface area (Å²) in [7, 11) is 1.92. The van der Waals surface area contributed by atoms with E-state index in [1.165, 1.54) is 0 Å². The molecule has 2 aromatic carbocycles. The second-order valence-electron chi connectivity index (χ2n) is 5.30. The molecule has 0 aliphatic heterocycles. The van der Waals surface area contributed by atoms with Crippen LogP contribution in [0.4, 0.5) is 5.69 Å². The highest BCUT2D eigenvalue weighted by atomic mass is 16.3. The zero-order valence-corrected chi connectivity index (χ0v) is 13.4. The average molecular weight is 311 g/mol. The van der Waals surface area contributed by atoms with Crippen molar-refractivity contribution in [3.8, 4) is 0 Å². The number of aryl methyl sites for hydroxylation is 1. The summed E-state index contributed by atoms with van der Waals surface area (Å²) >= 11 is 0. The number of hydrogen-bond acceptors (Lipinski definition) is 4. The highest BCUT2D eigenvalue weighted by molar-refractivity contribution is 5.94. The van der Waals surface area contributed by atoms with Crippen molar-refractivity contribution < 1.29 is 9.90 Å². The van der Waals surface area contributed by atoms with Crippen LogP contribution in [0.15, 0.2) is 53.6 Å². The Balaban J connectivity index is 1.92. The number of hydrazone groups is 1. The maximum Gasteiger partial charge on any atom is 0.271 e.